The second-order valence-corrected chi connectivity index (χ2v) is 5.18. The lowest BCUT2D eigenvalue weighted by atomic mass is 9.82. The van der Waals surface area contributed by atoms with Crippen LogP contribution in [-0.4, -0.2) is 41.1 Å². The van der Waals surface area contributed by atoms with E-state index in [-0.39, 0.29) is 17.9 Å². The van der Waals surface area contributed by atoms with Crippen molar-refractivity contribution in [2.45, 2.75) is 31.9 Å². The molecule has 0 unspecified atom stereocenters. The van der Waals surface area contributed by atoms with Crippen LogP contribution in [0.15, 0.2) is 11.8 Å². The summed E-state index contributed by atoms with van der Waals surface area (Å²) in [5, 5.41) is 12.9. The molecule has 3 aliphatic heterocycles. The predicted molar refractivity (Wildman–Crippen MR) is 59.5 cm³/mol. The number of aliphatic hydroxyl groups is 1. The normalized spacial score (nSPS) is 39.4. The third kappa shape index (κ3) is 1.33. The van der Waals surface area contributed by atoms with Gasteiger partial charge in [0.05, 0.1) is 18.1 Å². The fraction of sp³-hybridized carbons (Fsp3) is 0.750. The highest BCUT2D eigenvalue weighted by molar-refractivity contribution is 5.88. The molecule has 0 spiro atoms. The van der Waals surface area contributed by atoms with Crippen LogP contribution in [0.25, 0.3) is 0 Å². The lowest BCUT2D eigenvalue weighted by molar-refractivity contribution is -0.156. The molecule has 3 rings (SSSR count). The standard InChI is InChI=1S/C12H18N2O2/c1-7(15)11-10-4-9(6-14(10)12(11)16)8-2-3-13-5-8/h6-8,10-11,13,15H,2-5H2,1H3/t7-,8+,10-,11-/m1/s1. The number of hydrogen-bond acceptors (Lipinski definition) is 3. The first-order valence-electron chi connectivity index (χ1n) is 6.10. The number of amides is 1. The largest absolute Gasteiger partial charge is 0.393 e. The van der Waals surface area contributed by atoms with Gasteiger partial charge in [-0.1, -0.05) is 0 Å². The molecule has 3 heterocycles. The smallest absolute Gasteiger partial charge is 0.234 e. The number of carbonyl (C=O) groups excluding carboxylic acids is 1. The van der Waals surface area contributed by atoms with Crippen molar-refractivity contribution in [2.24, 2.45) is 11.8 Å². The van der Waals surface area contributed by atoms with Crippen LogP contribution in [0.1, 0.15) is 19.8 Å². The Morgan fingerprint density at radius 1 is 1.62 bits per heavy atom. The predicted octanol–water partition coefficient (Wildman–Crippen LogP) is 0.0913. The van der Waals surface area contributed by atoms with Gasteiger partial charge in [0.25, 0.3) is 0 Å². The van der Waals surface area contributed by atoms with Gasteiger partial charge in [0, 0.05) is 12.7 Å². The summed E-state index contributed by atoms with van der Waals surface area (Å²) >= 11 is 0. The van der Waals surface area contributed by atoms with Gasteiger partial charge in [-0.15, -0.1) is 0 Å². The molecule has 3 aliphatic rings. The Bertz CT molecular complexity index is 345. The Labute approximate surface area is 95.3 Å². The summed E-state index contributed by atoms with van der Waals surface area (Å²) in [5.41, 5.74) is 1.39. The molecule has 2 fully saturated rings. The highest BCUT2D eigenvalue weighted by Gasteiger charge is 2.52. The maximum Gasteiger partial charge on any atom is 0.234 e. The molecule has 2 N–H and O–H groups in total. The summed E-state index contributed by atoms with van der Waals surface area (Å²) in [6.07, 6.45) is 3.67. The number of rotatable bonds is 2. The second-order valence-electron chi connectivity index (χ2n) is 5.18. The van der Waals surface area contributed by atoms with E-state index in [2.05, 4.69) is 5.32 Å². The Kier molecular flexibility index (Phi) is 2.30. The number of fused-ring (bicyclic) bond motifs is 1. The topological polar surface area (TPSA) is 52.6 Å². The molecule has 0 radical (unpaired) electrons. The van der Waals surface area contributed by atoms with Crippen LogP contribution in [0.2, 0.25) is 0 Å². The van der Waals surface area contributed by atoms with Crippen molar-refractivity contribution in [1.29, 1.82) is 0 Å². The molecule has 4 nitrogen and oxygen atoms in total. The van der Waals surface area contributed by atoms with Crippen LogP contribution in [0, 0.1) is 11.8 Å². The lowest BCUT2D eigenvalue weighted by Crippen LogP contribution is -2.59. The van der Waals surface area contributed by atoms with E-state index in [1.54, 1.807) is 6.92 Å². The summed E-state index contributed by atoms with van der Waals surface area (Å²) in [6.45, 7) is 3.84. The van der Waals surface area contributed by atoms with Crippen molar-refractivity contribution >= 4 is 5.91 Å². The van der Waals surface area contributed by atoms with Gasteiger partial charge in [-0.3, -0.25) is 4.79 Å². The third-order valence-electron chi connectivity index (χ3n) is 4.17. The van der Waals surface area contributed by atoms with Crippen LogP contribution in [0.4, 0.5) is 0 Å². The molecule has 4 atom stereocenters. The first-order valence-corrected chi connectivity index (χ1v) is 6.10. The number of β-lactam (4-membered cyclic amide) rings is 1. The summed E-state index contributed by atoms with van der Waals surface area (Å²) in [6, 6.07) is 0.239. The first kappa shape index (κ1) is 10.3. The SMILES string of the molecule is C[C@@H](O)[C@H]1C(=O)N2C=C([C@H]3CCNC3)C[C@H]12. The van der Waals surface area contributed by atoms with Gasteiger partial charge in [-0.2, -0.15) is 0 Å². The molecular weight excluding hydrogens is 204 g/mol. The minimum atomic E-state index is -0.511. The Balaban J connectivity index is 1.72. The van der Waals surface area contributed by atoms with Crippen molar-refractivity contribution in [3.05, 3.63) is 11.8 Å². The molecule has 0 aromatic heterocycles. The molecule has 0 aliphatic carbocycles. The molecule has 0 aromatic rings. The van der Waals surface area contributed by atoms with Gasteiger partial charge in [0.2, 0.25) is 5.91 Å². The first-order chi connectivity index (χ1) is 7.68. The maximum absolute atomic E-state index is 11.8. The van der Waals surface area contributed by atoms with E-state index in [0.717, 1.165) is 19.5 Å². The van der Waals surface area contributed by atoms with Crippen LogP contribution >= 0.6 is 0 Å². The Hall–Kier alpha value is -0.870. The summed E-state index contributed by atoms with van der Waals surface area (Å²) < 4.78 is 0. The fourth-order valence-corrected chi connectivity index (χ4v) is 3.22. The van der Waals surface area contributed by atoms with Crippen molar-refractivity contribution < 1.29 is 9.90 Å². The summed E-state index contributed by atoms with van der Waals surface area (Å²) in [4.78, 5) is 13.6. The van der Waals surface area contributed by atoms with E-state index >= 15 is 0 Å². The molecule has 0 saturated carbocycles. The van der Waals surface area contributed by atoms with Crippen LogP contribution in [0.3, 0.4) is 0 Å². The molecule has 4 heteroatoms. The Morgan fingerprint density at radius 2 is 2.44 bits per heavy atom. The van der Waals surface area contributed by atoms with E-state index in [0.29, 0.717) is 5.92 Å². The lowest BCUT2D eigenvalue weighted by Gasteiger charge is -2.43. The monoisotopic (exact) mass is 222 g/mol. The molecule has 0 bridgehead atoms. The summed E-state index contributed by atoms with van der Waals surface area (Å²) in [5.74, 6) is 0.539. The van der Waals surface area contributed by atoms with E-state index < -0.39 is 6.10 Å². The van der Waals surface area contributed by atoms with Crippen molar-refractivity contribution in [3.63, 3.8) is 0 Å². The number of nitrogens with one attached hydrogen (secondary N) is 1. The van der Waals surface area contributed by atoms with Crippen molar-refractivity contribution in [2.75, 3.05) is 13.1 Å². The molecule has 16 heavy (non-hydrogen) atoms. The molecule has 2 saturated heterocycles. The average Bonchev–Trinajstić information content (AvgIpc) is 2.82. The highest BCUT2D eigenvalue weighted by Crippen LogP contribution is 2.42. The van der Waals surface area contributed by atoms with Crippen LogP contribution in [-0.2, 0) is 4.79 Å². The molecule has 88 valence electrons. The van der Waals surface area contributed by atoms with E-state index in [1.165, 1.54) is 12.0 Å². The third-order valence-corrected chi connectivity index (χ3v) is 4.17. The molecule has 0 aromatic carbocycles. The number of nitrogens with zero attached hydrogens (tertiary/aromatic N) is 1. The molecule has 1 amide bonds. The highest BCUT2D eigenvalue weighted by atomic mass is 16.3. The van der Waals surface area contributed by atoms with Crippen LogP contribution < -0.4 is 5.32 Å². The van der Waals surface area contributed by atoms with Gasteiger partial charge in [-0.05, 0) is 37.8 Å². The number of hydrogen-bond donors (Lipinski definition) is 2. The second kappa shape index (κ2) is 3.57. The van der Waals surface area contributed by atoms with Gasteiger partial charge in [-0.25, -0.2) is 0 Å². The van der Waals surface area contributed by atoms with Gasteiger partial charge in [0.1, 0.15) is 0 Å². The van der Waals surface area contributed by atoms with E-state index in [4.69, 9.17) is 0 Å². The minimum absolute atomic E-state index is 0.0981. The average molecular weight is 222 g/mol. The summed E-state index contributed by atoms with van der Waals surface area (Å²) in [7, 11) is 0. The fourth-order valence-electron chi connectivity index (χ4n) is 3.22. The number of carbonyl (C=O) groups is 1. The van der Waals surface area contributed by atoms with Gasteiger partial charge in [0.15, 0.2) is 0 Å². The number of aliphatic hydroxyl groups excluding tert-OH is 1. The Morgan fingerprint density at radius 3 is 3.06 bits per heavy atom. The maximum atomic E-state index is 11.8. The van der Waals surface area contributed by atoms with Crippen molar-refractivity contribution in [3.8, 4) is 0 Å². The zero-order valence-electron chi connectivity index (χ0n) is 9.52. The zero-order chi connectivity index (χ0) is 11.3. The van der Waals surface area contributed by atoms with Gasteiger partial charge < -0.3 is 15.3 Å². The zero-order valence-corrected chi connectivity index (χ0v) is 9.52. The van der Waals surface area contributed by atoms with E-state index in [9.17, 15) is 9.90 Å². The van der Waals surface area contributed by atoms with Gasteiger partial charge >= 0.3 is 0 Å². The van der Waals surface area contributed by atoms with Crippen molar-refractivity contribution in [1.82, 2.24) is 10.2 Å². The molecular formula is C12H18N2O2. The minimum Gasteiger partial charge on any atom is -0.393 e. The van der Waals surface area contributed by atoms with Crippen LogP contribution in [0.5, 0.6) is 0 Å². The quantitative estimate of drug-likeness (QED) is 0.651. The van der Waals surface area contributed by atoms with E-state index in [1.807, 2.05) is 11.1 Å².